The highest BCUT2D eigenvalue weighted by Gasteiger charge is 2.14. The number of benzene rings is 2. The lowest BCUT2D eigenvalue weighted by molar-refractivity contribution is -0.132. The molecule has 2 N–H and O–H groups in total. The zero-order valence-electron chi connectivity index (χ0n) is 15.1. The number of hydrogen-bond acceptors (Lipinski definition) is 3. The number of amides is 1. The van der Waals surface area contributed by atoms with E-state index in [1.807, 2.05) is 44.2 Å². The highest BCUT2D eigenvalue weighted by Crippen LogP contribution is 2.13. The highest BCUT2D eigenvalue weighted by atomic mass is 16.7. The molecule has 0 aliphatic heterocycles. The van der Waals surface area contributed by atoms with Gasteiger partial charge in [-0.25, -0.2) is 0 Å². The molecule has 0 aromatic heterocycles. The Balaban J connectivity index is 1.70. The Labute approximate surface area is 150 Å². The summed E-state index contributed by atoms with van der Waals surface area (Å²) in [5, 5.41) is 3.44. The lowest BCUT2D eigenvalue weighted by atomic mass is 10.0. The van der Waals surface area contributed by atoms with E-state index in [0.29, 0.717) is 5.75 Å². The van der Waals surface area contributed by atoms with Gasteiger partial charge in [-0.05, 0) is 49.1 Å². The zero-order chi connectivity index (χ0) is 17.9. The van der Waals surface area contributed by atoms with Crippen LogP contribution < -0.4 is 15.6 Å². The highest BCUT2D eigenvalue weighted by molar-refractivity contribution is 5.77. The number of hydrogen-bond donors (Lipinski definition) is 2. The van der Waals surface area contributed by atoms with Crippen LogP contribution >= 0.6 is 0 Å². The molecule has 134 valence electrons. The normalized spacial score (nSPS) is 10.7. The van der Waals surface area contributed by atoms with Gasteiger partial charge in [-0.3, -0.25) is 4.79 Å². The van der Waals surface area contributed by atoms with Gasteiger partial charge in [-0.1, -0.05) is 56.3 Å². The van der Waals surface area contributed by atoms with Crippen LogP contribution in [0.5, 0.6) is 5.75 Å². The van der Waals surface area contributed by atoms with Gasteiger partial charge in [-0.2, -0.15) is 5.48 Å². The van der Waals surface area contributed by atoms with Crippen LogP contribution in [0, 0.1) is 5.92 Å². The first kappa shape index (κ1) is 19.0. The fraction of sp³-hybridized carbons (Fsp3) is 0.381. The quantitative estimate of drug-likeness (QED) is 0.510. The van der Waals surface area contributed by atoms with Crippen molar-refractivity contribution in [3.63, 3.8) is 0 Å². The summed E-state index contributed by atoms with van der Waals surface area (Å²) < 4.78 is 0. The lowest BCUT2D eigenvalue weighted by Gasteiger charge is -2.13. The molecule has 0 heterocycles. The van der Waals surface area contributed by atoms with Crippen LogP contribution in [0.3, 0.4) is 0 Å². The van der Waals surface area contributed by atoms with Crippen LogP contribution in [0.25, 0.3) is 0 Å². The molecule has 0 spiro atoms. The standard InChI is InChI=1S/C21H28N2O2/c1-3-19(4-2)21(24)23-25-20-12-10-17(11-13-20)14-15-22-16-18-8-6-5-7-9-18/h5-13,19,22H,3-4,14-16H2,1-2H3,(H,23,24). The van der Waals surface area contributed by atoms with E-state index in [9.17, 15) is 4.79 Å². The maximum absolute atomic E-state index is 11.9. The Morgan fingerprint density at radius 1 is 0.960 bits per heavy atom. The first-order valence-corrected chi connectivity index (χ1v) is 9.03. The molecule has 0 aliphatic rings. The van der Waals surface area contributed by atoms with Crippen LogP contribution in [-0.4, -0.2) is 12.5 Å². The van der Waals surface area contributed by atoms with E-state index in [-0.39, 0.29) is 11.8 Å². The minimum Gasteiger partial charge on any atom is -0.380 e. The van der Waals surface area contributed by atoms with Gasteiger partial charge in [0.05, 0.1) is 0 Å². The van der Waals surface area contributed by atoms with E-state index >= 15 is 0 Å². The number of carbonyl (C=O) groups is 1. The predicted octanol–water partition coefficient (Wildman–Crippen LogP) is 3.87. The molecular formula is C21H28N2O2. The maximum atomic E-state index is 11.9. The molecular weight excluding hydrogens is 312 g/mol. The summed E-state index contributed by atoms with van der Waals surface area (Å²) in [6.45, 7) is 5.81. The second-order valence-electron chi connectivity index (χ2n) is 6.14. The molecule has 1 amide bonds. The molecule has 2 rings (SSSR count). The summed E-state index contributed by atoms with van der Waals surface area (Å²) in [4.78, 5) is 17.3. The van der Waals surface area contributed by atoms with E-state index in [2.05, 4.69) is 35.1 Å². The van der Waals surface area contributed by atoms with Crippen molar-refractivity contribution in [3.8, 4) is 5.75 Å². The van der Waals surface area contributed by atoms with E-state index in [1.54, 1.807) is 0 Å². The third kappa shape index (κ3) is 6.59. The Morgan fingerprint density at radius 3 is 2.28 bits per heavy atom. The van der Waals surface area contributed by atoms with Gasteiger partial charge < -0.3 is 10.2 Å². The largest absolute Gasteiger partial charge is 0.380 e. The molecule has 0 saturated carbocycles. The van der Waals surface area contributed by atoms with Crippen molar-refractivity contribution in [2.24, 2.45) is 5.92 Å². The zero-order valence-corrected chi connectivity index (χ0v) is 15.1. The number of carbonyl (C=O) groups excluding carboxylic acids is 1. The van der Waals surface area contributed by atoms with E-state index in [0.717, 1.165) is 32.4 Å². The van der Waals surface area contributed by atoms with Gasteiger partial charge in [-0.15, -0.1) is 0 Å². The number of nitrogens with one attached hydrogen (secondary N) is 2. The van der Waals surface area contributed by atoms with E-state index < -0.39 is 0 Å². The summed E-state index contributed by atoms with van der Waals surface area (Å²) in [6.07, 6.45) is 2.59. The summed E-state index contributed by atoms with van der Waals surface area (Å²) in [5.74, 6) is 0.606. The van der Waals surface area contributed by atoms with Gasteiger partial charge in [0.25, 0.3) is 5.91 Å². The molecule has 0 saturated heterocycles. The van der Waals surface area contributed by atoms with Crippen LogP contribution in [0.15, 0.2) is 54.6 Å². The van der Waals surface area contributed by atoms with Gasteiger partial charge in [0.15, 0.2) is 5.75 Å². The van der Waals surface area contributed by atoms with Crippen LogP contribution in [0.1, 0.15) is 37.8 Å². The van der Waals surface area contributed by atoms with Gasteiger partial charge in [0.1, 0.15) is 0 Å². The summed E-state index contributed by atoms with van der Waals surface area (Å²) in [5.41, 5.74) is 5.07. The molecule has 0 unspecified atom stereocenters. The first-order chi connectivity index (χ1) is 12.2. The minimum absolute atomic E-state index is 0.00922. The van der Waals surface area contributed by atoms with Crippen molar-refractivity contribution in [2.45, 2.75) is 39.7 Å². The Kier molecular flexibility index (Phi) is 7.99. The van der Waals surface area contributed by atoms with Crippen LogP contribution in [0.2, 0.25) is 0 Å². The minimum atomic E-state index is -0.0563. The molecule has 0 bridgehead atoms. The second kappa shape index (κ2) is 10.5. The lowest BCUT2D eigenvalue weighted by Crippen LogP contribution is -2.32. The van der Waals surface area contributed by atoms with Crippen molar-refractivity contribution >= 4 is 5.91 Å². The van der Waals surface area contributed by atoms with Gasteiger partial charge >= 0.3 is 0 Å². The van der Waals surface area contributed by atoms with E-state index in [1.165, 1.54) is 11.1 Å². The van der Waals surface area contributed by atoms with Crippen molar-refractivity contribution in [3.05, 3.63) is 65.7 Å². The Bertz CT molecular complexity index is 622. The van der Waals surface area contributed by atoms with Crippen LogP contribution in [0.4, 0.5) is 0 Å². The van der Waals surface area contributed by atoms with Crippen LogP contribution in [-0.2, 0) is 17.8 Å². The SMILES string of the molecule is CCC(CC)C(=O)NOc1ccc(CCNCc2ccccc2)cc1. The molecule has 4 heteroatoms. The number of rotatable bonds is 10. The molecule has 0 radical (unpaired) electrons. The molecule has 0 aliphatic carbocycles. The molecule has 4 nitrogen and oxygen atoms in total. The van der Waals surface area contributed by atoms with Crippen molar-refractivity contribution in [1.82, 2.24) is 10.8 Å². The van der Waals surface area contributed by atoms with Crippen molar-refractivity contribution in [1.29, 1.82) is 0 Å². The average Bonchev–Trinajstić information content (AvgIpc) is 2.66. The molecule has 2 aromatic rings. The fourth-order valence-corrected chi connectivity index (χ4v) is 2.64. The Morgan fingerprint density at radius 2 is 1.64 bits per heavy atom. The third-order valence-corrected chi connectivity index (χ3v) is 4.31. The monoisotopic (exact) mass is 340 g/mol. The van der Waals surface area contributed by atoms with Gasteiger partial charge in [0, 0.05) is 12.5 Å². The molecule has 0 atom stereocenters. The summed E-state index contributed by atoms with van der Waals surface area (Å²) in [7, 11) is 0. The predicted molar refractivity (Wildman–Crippen MR) is 101 cm³/mol. The summed E-state index contributed by atoms with van der Waals surface area (Å²) in [6, 6.07) is 18.2. The molecule has 25 heavy (non-hydrogen) atoms. The van der Waals surface area contributed by atoms with E-state index in [4.69, 9.17) is 4.84 Å². The smallest absolute Gasteiger partial charge is 0.255 e. The topological polar surface area (TPSA) is 50.4 Å². The Hall–Kier alpha value is -2.33. The van der Waals surface area contributed by atoms with Crippen molar-refractivity contribution < 1.29 is 9.63 Å². The average molecular weight is 340 g/mol. The third-order valence-electron chi connectivity index (χ3n) is 4.31. The van der Waals surface area contributed by atoms with Crippen molar-refractivity contribution in [2.75, 3.05) is 6.54 Å². The first-order valence-electron chi connectivity index (χ1n) is 9.03. The fourth-order valence-electron chi connectivity index (χ4n) is 2.64. The summed E-state index contributed by atoms with van der Waals surface area (Å²) >= 11 is 0. The molecule has 2 aromatic carbocycles. The van der Waals surface area contributed by atoms with Gasteiger partial charge in [0.2, 0.25) is 0 Å². The molecule has 0 fully saturated rings. The second-order valence-corrected chi connectivity index (χ2v) is 6.14. The maximum Gasteiger partial charge on any atom is 0.255 e. The number of hydroxylamine groups is 1.